The molecule has 1 fully saturated rings. The van der Waals surface area contributed by atoms with E-state index in [4.69, 9.17) is 11.6 Å². The summed E-state index contributed by atoms with van der Waals surface area (Å²) in [6, 6.07) is 12.5. The van der Waals surface area contributed by atoms with Crippen LogP contribution in [0.25, 0.3) is 10.9 Å². The summed E-state index contributed by atoms with van der Waals surface area (Å²) in [6.07, 6.45) is 0.0988. The van der Waals surface area contributed by atoms with Crippen LogP contribution in [0, 0.1) is 0 Å². The van der Waals surface area contributed by atoms with Gasteiger partial charge in [0.05, 0.1) is 23.3 Å². The lowest BCUT2D eigenvalue weighted by Gasteiger charge is -2.35. The van der Waals surface area contributed by atoms with Crippen LogP contribution >= 0.6 is 11.6 Å². The van der Waals surface area contributed by atoms with Gasteiger partial charge in [0.25, 0.3) is 5.56 Å². The summed E-state index contributed by atoms with van der Waals surface area (Å²) >= 11 is 6.17. The van der Waals surface area contributed by atoms with Gasteiger partial charge in [-0.1, -0.05) is 28.9 Å². The molecule has 0 saturated carbocycles. The molecule has 1 saturated heterocycles. The Morgan fingerprint density at radius 2 is 1.90 bits per heavy atom. The largest absolute Gasteiger partial charge is 0.367 e. The second-order valence-electron chi connectivity index (χ2n) is 7.38. The summed E-state index contributed by atoms with van der Waals surface area (Å²) in [5.74, 6) is -0.213. The summed E-state index contributed by atoms with van der Waals surface area (Å²) in [5, 5.41) is 12.0. The predicted octanol–water partition coefficient (Wildman–Crippen LogP) is 2.23. The molecule has 3 aromatic rings. The van der Waals surface area contributed by atoms with E-state index in [2.05, 4.69) is 32.5 Å². The molecular weight excluding hydrogens is 404 g/mol. The molecule has 0 bridgehead atoms. The number of piperazine rings is 1. The van der Waals surface area contributed by atoms with E-state index in [9.17, 15) is 9.59 Å². The number of carbonyl (C=O) groups excluding carboxylic acids is 1. The number of anilines is 2. The number of aryl methyl sites for hydroxylation is 1. The molecule has 8 nitrogen and oxygen atoms in total. The molecule has 1 amide bonds. The monoisotopic (exact) mass is 426 g/mol. The van der Waals surface area contributed by atoms with E-state index in [1.165, 1.54) is 4.68 Å². The van der Waals surface area contributed by atoms with Crippen molar-refractivity contribution in [2.24, 2.45) is 0 Å². The first kappa shape index (κ1) is 20.3. The number of hydrogen-bond donors (Lipinski definition) is 1. The van der Waals surface area contributed by atoms with Crippen LogP contribution in [0.4, 0.5) is 11.4 Å². The SMILES string of the molecule is CN1CCN(c2ccc(Cl)cc2NC(=O)CCn2nnc3ccccc3c2=O)CC1. The minimum atomic E-state index is -0.255. The van der Waals surface area contributed by atoms with Gasteiger partial charge >= 0.3 is 0 Å². The molecule has 2 aromatic carbocycles. The van der Waals surface area contributed by atoms with Crippen molar-refractivity contribution >= 4 is 39.8 Å². The first-order valence-electron chi connectivity index (χ1n) is 9.87. The Labute approximate surface area is 179 Å². The lowest BCUT2D eigenvalue weighted by atomic mass is 10.2. The normalized spacial score (nSPS) is 14.8. The molecule has 0 radical (unpaired) electrons. The number of rotatable bonds is 5. The molecule has 9 heteroatoms. The summed E-state index contributed by atoms with van der Waals surface area (Å²) in [5.41, 5.74) is 1.91. The number of aromatic nitrogens is 3. The zero-order valence-electron chi connectivity index (χ0n) is 16.7. The highest BCUT2D eigenvalue weighted by atomic mass is 35.5. The number of nitrogens with one attached hydrogen (secondary N) is 1. The minimum absolute atomic E-state index is 0.0988. The summed E-state index contributed by atoms with van der Waals surface area (Å²) in [4.78, 5) is 29.7. The van der Waals surface area contributed by atoms with Crippen LogP contribution < -0.4 is 15.8 Å². The number of halogens is 1. The third kappa shape index (κ3) is 4.44. The van der Waals surface area contributed by atoms with Crippen LogP contribution in [-0.4, -0.2) is 59.0 Å². The molecule has 4 rings (SSSR count). The van der Waals surface area contributed by atoms with E-state index in [0.717, 1.165) is 31.9 Å². The third-order valence-electron chi connectivity index (χ3n) is 5.26. The van der Waals surface area contributed by atoms with Gasteiger partial charge in [-0.3, -0.25) is 9.59 Å². The van der Waals surface area contributed by atoms with E-state index >= 15 is 0 Å². The van der Waals surface area contributed by atoms with Gasteiger partial charge in [-0.15, -0.1) is 5.10 Å². The van der Waals surface area contributed by atoms with Crippen molar-refractivity contribution in [3.05, 3.63) is 57.8 Å². The first-order chi connectivity index (χ1) is 14.5. The number of hydrogen-bond acceptors (Lipinski definition) is 6. The maximum atomic E-state index is 12.6. The fraction of sp³-hybridized carbons (Fsp3) is 0.333. The lowest BCUT2D eigenvalue weighted by molar-refractivity contribution is -0.116. The van der Waals surface area contributed by atoms with Gasteiger partial charge in [-0.05, 0) is 37.4 Å². The van der Waals surface area contributed by atoms with Crippen LogP contribution in [0.15, 0.2) is 47.3 Å². The topological polar surface area (TPSA) is 83.4 Å². The average Bonchev–Trinajstić information content (AvgIpc) is 2.74. The molecule has 1 aliphatic rings. The molecule has 1 N–H and O–H groups in total. The molecule has 1 aromatic heterocycles. The Balaban J connectivity index is 1.46. The van der Waals surface area contributed by atoms with Crippen molar-refractivity contribution in [3.63, 3.8) is 0 Å². The Kier molecular flexibility index (Phi) is 5.96. The molecule has 0 aliphatic carbocycles. The summed E-state index contributed by atoms with van der Waals surface area (Å²) < 4.78 is 1.22. The van der Waals surface area contributed by atoms with Gasteiger partial charge in [0.2, 0.25) is 5.91 Å². The molecule has 0 atom stereocenters. The van der Waals surface area contributed by atoms with Crippen LogP contribution in [0.5, 0.6) is 0 Å². The van der Waals surface area contributed by atoms with Crippen molar-refractivity contribution in [2.45, 2.75) is 13.0 Å². The Morgan fingerprint density at radius 1 is 1.13 bits per heavy atom. The zero-order valence-corrected chi connectivity index (χ0v) is 17.5. The van der Waals surface area contributed by atoms with Crippen LogP contribution in [-0.2, 0) is 11.3 Å². The molecule has 0 spiro atoms. The fourth-order valence-electron chi connectivity index (χ4n) is 3.52. The fourth-order valence-corrected chi connectivity index (χ4v) is 3.69. The smallest absolute Gasteiger partial charge is 0.277 e. The second kappa shape index (κ2) is 8.81. The predicted molar refractivity (Wildman–Crippen MR) is 118 cm³/mol. The van der Waals surface area contributed by atoms with Gasteiger partial charge in [0, 0.05) is 37.6 Å². The maximum absolute atomic E-state index is 12.6. The average molecular weight is 427 g/mol. The van der Waals surface area contributed by atoms with Crippen molar-refractivity contribution in [3.8, 4) is 0 Å². The third-order valence-corrected chi connectivity index (χ3v) is 5.49. The van der Waals surface area contributed by atoms with Crippen molar-refractivity contribution in [1.82, 2.24) is 19.9 Å². The summed E-state index contributed by atoms with van der Waals surface area (Å²) in [7, 11) is 2.10. The molecule has 0 unspecified atom stereocenters. The van der Waals surface area contributed by atoms with E-state index in [0.29, 0.717) is 21.6 Å². The number of amides is 1. The van der Waals surface area contributed by atoms with Crippen LogP contribution in [0.3, 0.4) is 0 Å². The number of nitrogens with zero attached hydrogens (tertiary/aromatic N) is 5. The molecule has 1 aliphatic heterocycles. The molecule has 2 heterocycles. The Morgan fingerprint density at radius 3 is 2.70 bits per heavy atom. The van der Waals surface area contributed by atoms with Crippen molar-refractivity contribution in [1.29, 1.82) is 0 Å². The van der Waals surface area contributed by atoms with Gasteiger partial charge in [-0.2, -0.15) is 0 Å². The van der Waals surface area contributed by atoms with Gasteiger partial charge < -0.3 is 15.1 Å². The lowest BCUT2D eigenvalue weighted by Crippen LogP contribution is -2.44. The van der Waals surface area contributed by atoms with E-state index < -0.39 is 0 Å². The Bertz CT molecular complexity index is 1120. The first-order valence-corrected chi connectivity index (χ1v) is 10.2. The number of carbonyl (C=O) groups is 1. The number of benzene rings is 2. The second-order valence-corrected chi connectivity index (χ2v) is 7.82. The Hall–Kier alpha value is -2.97. The standard InChI is InChI=1S/C21H23ClN6O2/c1-26-10-12-27(13-11-26)19-7-6-15(22)14-18(19)23-20(29)8-9-28-21(30)16-4-2-3-5-17(16)24-25-28/h2-7,14H,8-13H2,1H3,(H,23,29). The van der Waals surface area contributed by atoms with Crippen molar-refractivity contribution < 1.29 is 4.79 Å². The van der Waals surface area contributed by atoms with E-state index in [-0.39, 0.29) is 24.4 Å². The van der Waals surface area contributed by atoms with E-state index in [1.54, 1.807) is 30.3 Å². The summed E-state index contributed by atoms with van der Waals surface area (Å²) in [6.45, 7) is 3.82. The highest BCUT2D eigenvalue weighted by molar-refractivity contribution is 6.31. The number of fused-ring (bicyclic) bond motifs is 1. The highest BCUT2D eigenvalue weighted by Gasteiger charge is 2.18. The maximum Gasteiger partial charge on any atom is 0.277 e. The molecule has 156 valence electrons. The van der Waals surface area contributed by atoms with Crippen molar-refractivity contribution in [2.75, 3.05) is 43.4 Å². The van der Waals surface area contributed by atoms with Gasteiger partial charge in [0.15, 0.2) is 0 Å². The highest BCUT2D eigenvalue weighted by Crippen LogP contribution is 2.30. The van der Waals surface area contributed by atoms with E-state index in [1.807, 2.05) is 12.1 Å². The van der Waals surface area contributed by atoms with Gasteiger partial charge in [-0.25, -0.2) is 4.68 Å². The quantitative estimate of drug-likeness (QED) is 0.673. The minimum Gasteiger partial charge on any atom is -0.367 e. The molecular formula is C21H23ClN6O2. The molecule has 30 heavy (non-hydrogen) atoms. The zero-order chi connectivity index (χ0) is 21.1. The van der Waals surface area contributed by atoms with Gasteiger partial charge in [0.1, 0.15) is 5.52 Å². The van der Waals surface area contributed by atoms with Crippen LogP contribution in [0.1, 0.15) is 6.42 Å². The number of likely N-dealkylation sites (N-methyl/N-ethyl adjacent to an activating group) is 1. The van der Waals surface area contributed by atoms with Crippen LogP contribution in [0.2, 0.25) is 5.02 Å².